The van der Waals surface area contributed by atoms with Crippen LogP contribution < -0.4 is 10.2 Å². The van der Waals surface area contributed by atoms with E-state index in [1.54, 1.807) is 12.3 Å². The second kappa shape index (κ2) is 9.17. The summed E-state index contributed by atoms with van der Waals surface area (Å²) in [6.07, 6.45) is 1.65. The summed E-state index contributed by atoms with van der Waals surface area (Å²) in [6.45, 7) is 3.96. The largest absolute Gasteiger partial charge is 0.507 e. The maximum atomic E-state index is 12.1. The van der Waals surface area contributed by atoms with E-state index in [1.807, 2.05) is 26.0 Å². The number of carbonyl (C=O) groups is 1. The highest BCUT2D eigenvalue weighted by atomic mass is 127. The standard InChI is InChI=1S/C17H15BrI2N2O3/c1-9(2)25-16-13(19)5-10(6-14(16)20)8-21-22-17(24)12-7-11(18)3-4-15(12)23/h3-9,23H,1-2H3,(H,22,24)/b21-8-. The number of aromatic hydroxyl groups is 1. The summed E-state index contributed by atoms with van der Waals surface area (Å²) in [6, 6.07) is 8.48. The Morgan fingerprint density at radius 3 is 2.52 bits per heavy atom. The zero-order valence-electron chi connectivity index (χ0n) is 13.4. The predicted molar refractivity (Wildman–Crippen MR) is 119 cm³/mol. The van der Waals surface area contributed by atoms with Crippen LogP contribution in [0.3, 0.4) is 0 Å². The fraction of sp³-hybridized carbons (Fsp3) is 0.176. The molecule has 132 valence electrons. The van der Waals surface area contributed by atoms with Crippen LogP contribution in [0.4, 0.5) is 0 Å². The zero-order valence-corrected chi connectivity index (χ0v) is 19.3. The molecule has 0 bridgehead atoms. The van der Waals surface area contributed by atoms with Crippen molar-refractivity contribution in [2.24, 2.45) is 5.10 Å². The van der Waals surface area contributed by atoms with Crippen LogP contribution in [0.5, 0.6) is 11.5 Å². The van der Waals surface area contributed by atoms with E-state index < -0.39 is 5.91 Å². The first-order chi connectivity index (χ1) is 11.8. The van der Waals surface area contributed by atoms with Crippen LogP contribution in [0.15, 0.2) is 39.9 Å². The normalized spacial score (nSPS) is 11.1. The second-order valence-corrected chi connectivity index (χ2v) is 8.58. The number of phenolic OH excluding ortho intramolecular Hbond substituents is 1. The number of amides is 1. The third kappa shape index (κ3) is 5.81. The first-order valence-corrected chi connectivity index (χ1v) is 10.2. The molecule has 2 rings (SSSR count). The van der Waals surface area contributed by atoms with Gasteiger partial charge in [-0.05, 0) is 94.9 Å². The summed E-state index contributed by atoms with van der Waals surface area (Å²) in [5.74, 6) is 0.255. The molecule has 0 atom stereocenters. The van der Waals surface area contributed by atoms with Gasteiger partial charge in [0.2, 0.25) is 0 Å². The molecule has 0 saturated carbocycles. The zero-order chi connectivity index (χ0) is 18.6. The summed E-state index contributed by atoms with van der Waals surface area (Å²) in [5, 5.41) is 13.7. The van der Waals surface area contributed by atoms with E-state index in [4.69, 9.17) is 4.74 Å². The lowest BCUT2D eigenvalue weighted by molar-refractivity contribution is 0.0952. The minimum Gasteiger partial charge on any atom is -0.507 e. The van der Waals surface area contributed by atoms with Crippen LogP contribution in [-0.4, -0.2) is 23.3 Å². The Labute approximate surface area is 181 Å². The smallest absolute Gasteiger partial charge is 0.275 e. The molecule has 0 aliphatic rings. The number of hydrogen-bond acceptors (Lipinski definition) is 4. The van der Waals surface area contributed by atoms with Crippen molar-refractivity contribution < 1.29 is 14.6 Å². The van der Waals surface area contributed by atoms with Crippen LogP contribution in [-0.2, 0) is 0 Å². The van der Waals surface area contributed by atoms with E-state index in [0.717, 1.165) is 18.5 Å². The molecule has 25 heavy (non-hydrogen) atoms. The lowest BCUT2D eigenvalue weighted by Crippen LogP contribution is -2.17. The van der Waals surface area contributed by atoms with Gasteiger partial charge in [0.1, 0.15) is 11.5 Å². The number of hydrogen-bond donors (Lipinski definition) is 2. The minimum absolute atomic E-state index is 0.0960. The first-order valence-electron chi connectivity index (χ1n) is 7.25. The van der Waals surface area contributed by atoms with Crippen molar-refractivity contribution >= 4 is 73.2 Å². The Balaban J connectivity index is 2.12. The molecule has 0 fully saturated rings. The highest BCUT2D eigenvalue weighted by Crippen LogP contribution is 2.29. The van der Waals surface area contributed by atoms with Crippen LogP contribution in [0.25, 0.3) is 0 Å². The van der Waals surface area contributed by atoms with Crippen LogP contribution in [0.2, 0.25) is 0 Å². The summed E-state index contributed by atoms with van der Waals surface area (Å²) >= 11 is 7.69. The van der Waals surface area contributed by atoms with E-state index >= 15 is 0 Å². The lowest BCUT2D eigenvalue weighted by Gasteiger charge is -2.14. The number of phenols is 1. The number of hydrazone groups is 1. The molecular formula is C17H15BrI2N2O3. The number of halogens is 3. The molecule has 2 aromatic rings. The number of ether oxygens (including phenoxy) is 1. The minimum atomic E-state index is -0.487. The van der Waals surface area contributed by atoms with Crippen molar-refractivity contribution in [1.29, 1.82) is 0 Å². The lowest BCUT2D eigenvalue weighted by atomic mass is 10.2. The SMILES string of the molecule is CC(C)Oc1c(I)cc(/C=N\NC(=O)c2cc(Br)ccc2O)cc1I. The number of rotatable bonds is 5. The number of carbonyl (C=O) groups excluding carboxylic acids is 1. The predicted octanol–water partition coefficient (Wildman–Crippen LogP) is 4.92. The van der Waals surface area contributed by atoms with E-state index in [0.29, 0.717) is 4.47 Å². The van der Waals surface area contributed by atoms with Gasteiger partial charge in [-0.3, -0.25) is 4.79 Å². The van der Waals surface area contributed by atoms with Gasteiger partial charge >= 0.3 is 0 Å². The Bertz CT molecular complexity index is 803. The van der Waals surface area contributed by atoms with Crippen molar-refractivity contribution in [1.82, 2.24) is 5.43 Å². The Hall–Kier alpha value is -0.880. The van der Waals surface area contributed by atoms with Gasteiger partial charge < -0.3 is 9.84 Å². The Morgan fingerprint density at radius 2 is 1.92 bits per heavy atom. The summed E-state index contributed by atoms with van der Waals surface area (Å²) in [5.41, 5.74) is 3.40. The van der Waals surface area contributed by atoms with E-state index in [2.05, 4.69) is 71.6 Å². The average Bonchev–Trinajstić information content (AvgIpc) is 2.53. The van der Waals surface area contributed by atoms with Crippen molar-refractivity contribution in [2.75, 3.05) is 0 Å². The van der Waals surface area contributed by atoms with Crippen molar-refractivity contribution in [3.05, 3.63) is 53.1 Å². The molecular weight excluding hydrogens is 614 g/mol. The van der Waals surface area contributed by atoms with Crippen molar-refractivity contribution in [3.8, 4) is 11.5 Å². The quantitative estimate of drug-likeness (QED) is 0.281. The van der Waals surface area contributed by atoms with Crippen molar-refractivity contribution in [2.45, 2.75) is 20.0 Å². The number of benzene rings is 2. The molecule has 0 aromatic heterocycles. The maximum Gasteiger partial charge on any atom is 0.275 e. The average molecular weight is 629 g/mol. The molecule has 0 radical (unpaired) electrons. The van der Waals surface area contributed by atoms with Gasteiger partial charge in [-0.1, -0.05) is 15.9 Å². The third-order valence-corrected chi connectivity index (χ3v) is 5.05. The molecule has 5 nitrogen and oxygen atoms in total. The Morgan fingerprint density at radius 1 is 1.28 bits per heavy atom. The molecule has 1 amide bonds. The van der Waals surface area contributed by atoms with Gasteiger partial charge in [-0.15, -0.1) is 0 Å². The second-order valence-electron chi connectivity index (χ2n) is 5.34. The van der Waals surface area contributed by atoms with Crippen LogP contribution >= 0.6 is 61.1 Å². The molecule has 8 heteroatoms. The van der Waals surface area contributed by atoms with Gasteiger partial charge in [0, 0.05) is 4.47 Å². The Kier molecular flexibility index (Phi) is 7.50. The molecule has 2 aromatic carbocycles. The van der Waals surface area contributed by atoms with Gasteiger partial charge in [0.25, 0.3) is 5.91 Å². The highest BCUT2D eigenvalue weighted by Gasteiger charge is 2.12. The maximum absolute atomic E-state index is 12.1. The number of nitrogens with one attached hydrogen (secondary N) is 1. The van der Waals surface area contributed by atoms with E-state index in [-0.39, 0.29) is 17.4 Å². The fourth-order valence-corrected chi connectivity index (χ4v) is 4.35. The van der Waals surface area contributed by atoms with Gasteiger partial charge in [0.05, 0.1) is 25.0 Å². The van der Waals surface area contributed by atoms with Gasteiger partial charge in [-0.2, -0.15) is 5.10 Å². The van der Waals surface area contributed by atoms with E-state index in [1.165, 1.54) is 12.1 Å². The van der Waals surface area contributed by atoms with E-state index in [9.17, 15) is 9.90 Å². The molecule has 0 unspecified atom stereocenters. The summed E-state index contributed by atoms with van der Waals surface area (Å²) in [7, 11) is 0. The first kappa shape index (κ1) is 20.4. The van der Waals surface area contributed by atoms with Gasteiger partial charge in [0.15, 0.2) is 0 Å². The molecule has 0 spiro atoms. The van der Waals surface area contributed by atoms with Crippen LogP contribution in [0.1, 0.15) is 29.8 Å². The van der Waals surface area contributed by atoms with Crippen molar-refractivity contribution in [3.63, 3.8) is 0 Å². The van der Waals surface area contributed by atoms with Gasteiger partial charge in [-0.25, -0.2) is 5.43 Å². The molecule has 0 saturated heterocycles. The molecule has 2 N–H and O–H groups in total. The monoisotopic (exact) mass is 628 g/mol. The molecule has 0 heterocycles. The molecule has 0 aliphatic carbocycles. The molecule has 0 aliphatic heterocycles. The third-order valence-electron chi connectivity index (χ3n) is 2.96. The summed E-state index contributed by atoms with van der Waals surface area (Å²) in [4.78, 5) is 12.1. The topological polar surface area (TPSA) is 70.9 Å². The fourth-order valence-electron chi connectivity index (χ4n) is 1.92. The number of nitrogens with zero attached hydrogens (tertiary/aromatic N) is 1. The highest BCUT2D eigenvalue weighted by molar-refractivity contribution is 14.1. The summed E-state index contributed by atoms with van der Waals surface area (Å²) < 4.78 is 8.43. The van der Waals surface area contributed by atoms with Crippen LogP contribution in [0, 0.1) is 7.14 Å².